The first-order valence-electron chi connectivity index (χ1n) is 6.76. The van der Waals surface area contributed by atoms with E-state index in [1.165, 1.54) is 0 Å². The Morgan fingerprint density at radius 1 is 1.24 bits per heavy atom. The fourth-order valence-electron chi connectivity index (χ4n) is 2.20. The van der Waals surface area contributed by atoms with E-state index in [4.69, 9.17) is 5.26 Å². The lowest BCUT2D eigenvalue weighted by Crippen LogP contribution is -2.24. The Balaban J connectivity index is 2.32. The Bertz CT molecular complexity index is 680. The van der Waals surface area contributed by atoms with Gasteiger partial charge < -0.3 is 4.90 Å². The lowest BCUT2D eigenvalue weighted by atomic mass is 10.1. The number of hydrogen-bond acceptors (Lipinski definition) is 4. The summed E-state index contributed by atoms with van der Waals surface area (Å²) in [6.07, 6.45) is 3.95. The van der Waals surface area contributed by atoms with E-state index >= 15 is 0 Å². The molecular formula is C17H16N4. The van der Waals surface area contributed by atoms with Crippen LogP contribution in [0.1, 0.15) is 23.1 Å². The van der Waals surface area contributed by atoms with Gasteiger partial charge in [-0.05, 0) is 36.2 Å². The van der Waals surface area contributed by atoms with Gasteiger partial charge in [0.15, 0.2) is 0 Å². The van der Waals surface area contributed by atoms with Crippen LogP contribution in [-0.2, 0) is 6.54 Å². The normalized spacial score (nSPS) is 9.67. The molecule has 0 saturated carbocycles. The van der Waals surface area contributed by atoms with Crippen molar-refractivity contribution < 1.29 is 0 Å². The van der Waals surface area contributed by atoms with Gasteiger partial charge >= 0.3 is 0 Å². The second-order valence-electron chi connectivity index (χ2n) is 4.82. The van der Waals surface area contributed by atoms with Crippen LogP contribution < -0.4 is 4.90 Å². The van der Waals surface area contributed by atoms with Crippen molar-refractivity contribution in [2.24, 2.45) is 0 Å². The summed E-state index contributed by atoms with van der Waals surface area (Å²) < 4.78 is 0. The summed E-state index contributed by atoms with van der Waals surface area (Å²) in [5, 5.41) is 18.2. The van der Waals surface area contributed by atoms with Crippen LogP contribution in [0.5, 0.6) is 0 Å². The van der Waals surface area contributed by atoms with Gasteiger partial charge in [0.25, 0.3) is 0 Å². The van der Waals surface area contributed by atoms with Crippen molar-refractivity contribution >= 4 is 5.69 Å². The number of nitrogens with zero attached hydrogens (tertiary/aromatic N) is 4. The summed E-state index contributed by atoms with van der Waals surface area (Å²) in [5.74, 6) is 0. The third-order valence-electron chi connectivity index (χ3n) is 3.20. The Hall–Kier alpha value is -2.85. The van der Waals surface area contributed by atoms with Crippen LogP contribution in [0, 0.1) is 29.6 Å². The fourth-order valence-corrected chi connectivity index (χ4v) is 2.20. The minimum absolute atomic E-state index is 0.416. The molecule has 4 heteroatoms. The molecule has 0 atom stereocenters. The smallest absolute Gasteiger partial charge is 0.101 e. The van der Waals surface area contributed by atoms with Gasteiger partial charge in [0.2, 0.25) is 0 Å². The maximum Gasteiger partial charge on any atom is 0.101 e. The lowest BCUT2D eigenvalue weighted by molar-refractivity contribution is 0.794. The maximum absolute atomic E-state index is 9.33. The molecule has 21 heavy (non-hydrogen) atoms. The molecule has 2 aromatic rings. The lowest BCUT2D eigenvalue weighted by Gasteiger charge is -2.25. The molecule has 0 bridgehead atoms. The third-order valence-corrected chi connectivity index (χ3v) is 3.20. The van der Waals surface area contributed by atoms with Gasteiger partial charge in [-0.3, -0.25) is 4.98 Å². The largest absolute Gasteiger partial charge is 0.365 e. The van der Waals surface area contributed by atoms with Crippen LogP contribution in [0.4, 0.5) is 5.69 Å². The maximum atomic E-state index is 9.33. The molecule has 0 aliphatic rings. The number of hydrogen-bond donors (Lipinski definition) is 0. The van der Waals surface area contributed by atoms with E-state index in [0.717, 1.165) is 16.8 Å². The molecule has 0 spiro atoms. The molecule has 0 unspecified atom stereocenters. The summed E-state index contributed by atoms with van der Waals surface area (Å²) in [5.41, 5.74) is 3.61. The van der Waals surface area contributed by atoms with E-state index in [2.05, 4.69) is 22.0 Å². The number of aryl methyl sites for hydroxylation is 1. The van der Waals surface area contributed by atoms with Gasteiger partial charge in [0, 0.05) is 25.5 Å². The molecule has 0 saturated heterocycles. The number of benzene rings is 1. The summed E-state index contributed by atoms with van der Waals surface area (Å²) in [4.78, 5) is 6.17. The molecule has 4 nitrogen and oxygen atoms in total. The first kappa shape index (κ1) is 14.6. The zero-order valence-corrected chi connectivity index (χ0v) is 12.0. The number of pyridine rings is 1. The minimum Gasteiger partial charge on any atom is -0.365 e. The highest BCUT2D eigenvalue weighted by molar-refractivity contribution is 5.60. The summed E-state index contributed by atoms with van der Waals surface area (Å²) in [7, 11) is 0. The quantitative estimate of drug-likeness (QED) is 0.841. The molecule has 1 aromatic heterocycles. The molecular weight excluding hydrogens is 260 g/mol. The van der Waals surface area contributed by atoms with Crippen molar-refractivity contribution in [1.29, 1.82) is 10.5 Å². The molecule has 0 aliphatic carbocycles. The summed E-state index contributed by atoms with van der Waals surface area (Å²) in [6, 6.07) is 14.1. The Kier molecular flexibility index (Phi) is 4.90. The zero-order valence-electron chi connectivity index (χ0n) is 12.0. The topological polar surface area (TPSA) is 63.7 Å². The van der Waals surface area contributed by atoms with Crippen molar-refractivity contribution in [3.8, 4) is 12.1 Å². The van der Waals surface area contributed by atoms with E-state index in [1.54, 1.807) is 12.4 Å². The van der Waals surface area contributed by atoms with Crippen LogP contribution >= 0.6 is 0 Å². The Labute approximate surface area is 124 Å². The standard InChI is InChI=1S/C17H16N4/c1-14-5-6-17(16(10-14)11-19)21(9-3-7-18)13-15-4-2-8-20-12-15/h2,4-6,8,10,12H,3,9,13H2,1H3. The highest BCUT2D eigenvalue weighted by Crippen LogP contribution is 2.23. The van der Waals surface area contributed by atoms with E-state index < -0.39 is 0 Å². The third kappa shape index (κ3) is 3.81. The van der Waals surface area contributed by atoms with Gasteiger partial charge in [0.1, 0.15) is 6.07 Å². The van der Waals surface area contributed by atoms with Crippen molar-refractivity contribution in [2.45, 2.75) is 19.9 Å². The molecule has 104 valence electrons. The van der Waals surface area contributed by atoms with E-state index in [0.29, 0.717) is 25.1 Å². The first-order valence-corrected chi connectivity index (χ1v) is 6.76. The molecule has 0 amide bonds. The Morgan fingerprint density at radius 3 is 2.76 bits per heavy atom. The second-order valence-corrected chi connectivity index (χ2v) is 4.82. The predicted octanol–water partition coefficient (Wildman–Crippen LogP) is 3.18. The average Bonchev–Trinajstić information content (AvgIpc) is 2.52. The van der Waals surface area contributed by atoms with Crippen LogP contribution in [0.2, 0.25) is 0 Å². The van der Waals surface area contributed by atoms with Gasteiger partial charge in [-0.1, -0.05) is 12.1 Å². The summed E-state index contributed by atoms with van der Waals surface area (Å²) in [6.45, 7) is 3.18. The van der Waals surface area contributed by atoms with Gasteiger partial charge in [0.05, 0.1) is 23.7 Å². The highest BCUT2D eigenvalue weighted by Gasteiger charge is 2.12. The summed E-state index contributed by atoms with van der Waals surface area (Å²) >= 11 is 0. The zero-order chi connectivity index (χ0) is 15.1. The van der Waals surface area contributed by atoms with E-state index in [-0.39, 0.29) is 0 Å². The molecule has 0 radical (unpaired) electrons. The highest BCUT2D eigenvalue weighted by atomic mass is 15.1. The molecule has 2 rings (SSSR count). The molecule has 0 fully saturated rings. The van der Waals surface area contributed by atoms with E-state index in [9.17, 15) is 5.26 Å². The van der Waals surface area contributed by atoms with Gasteiger partial charge in [-0.25, -0.2) is 0 Å². The predicted molar refractivity (Wildman–Crippen MR) is 81.4 cm³/mol. The number of aromatic nitrogens is 1. The van der Waals surface area contributed by atoms with Crippen molar-refractivity contribution in [2.75, 3.05) is 11.4 Å². The van der Waals surface area contributed by atoms with Crippen LogP contribution in [0.25, 0.3) is 0 Å². The van der Waals surface area contributed by atoms with E-state index in [1.807, 2.05) is 37.3 Å². The van der Waals surface area contributed by atoms with Gasteiger partial charge in [-0.2, -0.15) is 10.5 Å². The SMILES string of the molecule is Cc1ccc(N(CCC#N)Cc2cccnc2)c(C#N)c1. The second kappa shape index (κ2) is 7.07. The van der Waals surface area contributed by atoms with Crippen LogP contribution in [0.3, 0.4) is 0 Å². The minimum atomic E-state index is 0.416. The number of nitriles is 2. The molecule has 1 aromatic carbocycles. The first-order chi connectivity index (χ1) is 10.2. The number of anilines is 1. The van der Waals surface area contributed by atoms with Crippen molar-refractivity contribution in [1.82, 2.24) is 4.98 Å². The van der Waals surface area contributed by atoms with Gasteiger partial charge in [-0.15, -0.1) is 0 Å². The monoisotopic (exact) mass is 276 g/mol. The van der Waals surface area contributed by atoms with Crippen LogP contribution in [0.15, 0.2) is 42.7 Å². The fraction of sp³-hybridized carbons (Fsp3) is 0.235. The average molecular weight is 276 g/mol. The Morgan fingerprint density at radius 2 is 2.10 bits per heavy atom. The molecule has 0 aliphatic heterocycles. The van der Waals surface area contributed by atoms with Crippen molar-refractivity contribution in [3.05, 3.63) is 59.4 Å². The van der Waals surface area contributed by atoms with Crippen molar-refractivity contribution in [3.63, 3.8) is 0 Å². The number of rotatable bonds is 5. The molecule has 1 heterocycles. The molecule has 0 N–H and O–H groups in total. The van der Waals surface area contributed by atoms with Crippen LogP contribution in [-0.4, -0.2) is 11.5 Å².